The third kappa shape index (κ3) is 4.56. The SMILES string of the molecule is CCCC1=NN2C(=N)/C(=C/c3ccc(OCc4ccccc4Cl)c(OC)c3)C(=O)N=C2S1. The van der Waals surface area contributed by atoms with Crippen LogP contribution in [0.25, 0.3) is 6.08 Å². The van der Waals surface area contributed by atoms with Gasteiger partial charge >= 0.3 is 0 Å². The molecule has 0 saturated carbocycles. The van der Waals surface area contributed by atoms with Crippen LogP contribution < -0.4 is 9.47 Å². The molecule has 1 N–H and O–H groups in total. The van der Waals surface area contributed by atoms with Gasteiger partial charge in [-0.05, 0) is 54.4 Å². The molecule has 2 heterocycles. The minimum Gasteiger partial charge on any atom is -0.493 e. The van der Waals surface area contributed by atoms with E-state index in [0.717, 1.165) is 23.4 Å². The van der Waals surface area contributed by atoms with E-state index in [9.17, 15) is 4.79 Å². The number of amides is 1. The average molecular weight is 469 g/mol. The Bertz CT molecular complexity index is 1180. The standard InChI is InChI=1S/C23H21ClN4O3S/c1-3-6-20-27-28-21(25)16(22(29)26-23(28)32-20)11-14-9-10-18(19(12-14)30-2)31-13-15-7-4-5-8-17(15)24/h4-5,7-12,25H,3,6,13H2,1-2H3/b16-11-,25-21?. The number of nitrogens with one attached hydrogen (secondary N) is 1. The van der Waals surface area contributed by atoms with Gasteiger partial charge in [-0.3, -0.25) is 10.2 Å². The highest BCUT2D eigenvalue weighted by Gasteiger charge is 2.35. The summed E-state index contributed by atoms with van der Waals surface area (Å²) in [5, 5.41) is 16.2. The monoisotopic (exact) mass is 468 g/mol. The summed E-state index contributed by atoms with van der Waals surface area (Å²) in [5.74, 6) is 0.603. The highest BCUT2D eigenvalue weighted by molar-refractivity contribution is 8.26. The molecule has 7 nitrogen and oxygen atoms in total. The molecule has 0 atom stereocenters. The Morgan fingerprint density at radius 2 is 2.03 bits per heavy atom. The van der Waals surface area contributed by atoms with Crippen molar-refractivity contribution in [2.75, 3.05) is 7.11 Å². The summed E-state index contributed by atoms with van der Waals surface area (Å²) in [4.78, 5) is 16.7. The second-order valence-corrected chi connectivity index (χ2v) is 8.50. The van der Waals surface area contributed by atoms with Crippen LogP contribution in [0, 0.1) is 5.41 Å². The van der Waals surface area contributed by atoms with Crippen molar-refractivity contribution in [3.05, 3.63) is 64.2 Å². The van der Waals surface area contributed by atoms with Crippen molar-refractivity contribution in [3.8, 4) is 11.5 Å². The van der Waals surface area contributed by atoms with E-state index in [0.29, 0.717) is 33.9 Å². The maximum absolute atomic E-state index is 12.6. The molecule has 0 aromatic heterocycles. The number of hydrazone groups is 1. The molecule has 2 aliphatic rings. The third-order valence-corrected chi connectivity index (χ3v) is 6.14. The van der Waals surface area contributed by atoms with Gasteiger partial charge in [0.2, 0.25) is 5.17 Å². The molecule has 2 aromatic carbocycles. The summed E-state index contributed by atoms with van der Waals surface area (Å²) in [6.45, 7) is 2.35. The highest BCUT2D eigenvalue weighted by Crippen LogP contribution is 2.33. The molecular weight excluding hydrogens is 448 g/mol. The molecular formula is C23H21ClN4O3S. The Balaban J connectivity index is 1.56. The number of halogens is 1. The van der Waals surface area contributed by atoms with Crippen molar-refractivity contribution in [1.82, 2.24) is 5.01 Å². The maximum Gasteiger partial charge on any atom is 0.283 e. The van der Waals surface area contributed by atoms with Crippen molar-refractivity contribution in [1.29, 1.82) is 5.41 Å². The molecule has 0 fully saturated rings. The Morgan fingerprint density at radius 3 is 2.78 bits per heavy atom. The van der Waals surface area contributed by atoms with Gasteiger partial charge in [0.15, 0.2) is 17.3 Å². The molecule has 32 heavy (non-hydrogen) atoms. The van der Waals surface area contributed by atoms with Crippen molar-refractivity contribution in [3.63, 3.8) is 0 Å². The number of aliphatic imine (C=N–C) groups is 1. The fraction of sp³-hybridized carbons (Fsp3) is 0.217. The van der Waals surface area contributed by atoms with Crippen molar-refractivity contribution < 1.29 is 14.3 Å². The van der Waals surface area contributed by atoms with Crippen LogP contribution in [0.4, 0.5) is 0 Å². The first-order valence-electron chi connectivity index (χ1n) is 10.0. The van der Waals surface area contributed by atoms with E-state index >= 15 is 0 Å². The maximum atomic E-state index is 12.6. The van der Waals surface area contributed by atoms with Gasteiger partial charge in [-0.25, -0.2) is 0 Å². The fourth-order valence-corrected chi connectivity index (χ4v) is 4.35. The van der Waals surface area contributed by atoms with Crippen molar-refractivity contribution >= 4 is 51.4 Å². The molecule has 0 saturated heterocycles. The first kappa shape index (κ1) is 22.1. The lowest BCUT2D eigenvalue weighted by Gasteiger charge is -2.20. The lowest BCUT2D eigenvalue weighted by Crippen LogP contribution is -2.35. The summed E-state index contributed by atoms with van der Waals surface area (Å²) < 4.78 is 11.4. The summed E-state index contributed by atoms with van der Waals surface area (Å²) in [7, 11) is 1.55. The van der Waals surface area contributed by atoms with E-state index < -0.39 is 5.91 Å². The first-order valence-corrected chi connectivity index (χ1v) is 11.2. The number of benzene rings is 2. The second-order valence-electron chi connectivity index (χ2n) is 7.05. The average Bonchev–Trinajstić information content (AvgIpc) is 3.19. The van der Waals surface area contributed by atoms with Gasteiger partial charge in [-0.15, -0.1) is 0 Å². The van der Waals surface area contributed by atoms with Crippen LogP contribution in [0.15, 0.2) is 58.1 Å². The quantitative estimate of drug-likeness (QED) is 0.553. The van der Waals surface area contributed by atoms with E-state index in [4.69, 9.17) is 26.5 Å². The Morgan fingerprint density at radius 1 is 1.22 bits per heavy atom. The summed E-state index contributed by atoms with van der Waals surface area (Å²) in [5.41, 5.74) is 1.72. The van der Waals surface area contributed by atoms with Gasteiger partial charge in [-0.1, -0.05) is 42.8 Å². The number of methoxy groups -OCH3 is 1. The number of hydrogen-bond acceptors (Lipinski definition) is 6. The predicted molar refractivity (Wildman–Crippen MR) is 129 cm³/mol. The Hall–Kier alpha value is -3.10. The van der Waals surface area contributed by atoms with Crippen LogP contribution in [-0.4, -0.2) is 34.1 Å². The largest absolute Gasteiger partial charge is 0.493 e. The molecule has 2 aliphatic heterocycles. The van der Waals surface area contributed by atoms with Crippen molar-refractivity contribution in [2.24, 2.45) is 10.1 Å². The normalized spacial score (nSPS) is 16.7. The molecule has 0 radical (unpaired) electrons. The van der Waals surface area contributed by atoms with Crippen LogP contribution in [0.3, 0.4) is 0 Å². The number of nitrogens with zero attached hydrogens (tertiary/aromatic N) is 3. The van der Waals surface area contributed by atoms with Gasteiger partial charge < -0.3 is 9.47 Å². The minimum absolute atomic E-state index is 0.0108. The molecule has 4 rings (SSSR count). The van der Waals surface area contributed by atoms with E-state index in [1.165, 1.54) is 16.8 Å². The number of carbonyl (C=O) groups excluding carboxylic acids is 1. The van der Waals surface area contributed by atoms with E-state index in [-0.39, 0.29) is 11.4 Å². The zero-order valence-electron chi connectivity index (χ0n) is 17.6. The van der Waals surface area contributed by atoms with Gasteiger partial charge in [0, 0.05) is 10.6 Å². The predicted octanol–water partition coefficient (Wildman–Crippen LogP) is 5.35. The van der Waals surface area contributed by atoms with E-state index in [1.807, 2.05) is 24.3 Å². The molecule has 0 unspecified atom stereocenters. The third-order valence-electron chi connectivity index (χ3n) is 4.80. The second kappa shape index (κ2) is 9.58. The number of carbonyl (C=O) groups is 1. The summed E-state index contributed by atoms with van der Waals surface area (Å²) in [6, 6.07) is 12.8. The highest BCUT2D eigenvalue weighted by atomic mass is 35.5. The van der Waals surface area contributed by atoms with Gasteiger partial charge in [0.05, 0.1) is 12.7 Å². The molecule has 0 bridgehead atoms. The van der Waals surface area contributed by atoms with Crippen molar-refractivity contribution in [2.45, 2.75) is 26.4 Å². The lowest BCUT2D eigenvalue weighted by atomic mass is 10.1. The van der Waals surface area contributed by atoms with E-state index in [2.05, 4.69) is 17.0 Å². The lowest BCUT2D eigenvalue weighted by molar-refractivity contribution is -0.114. The molecule has 164 valence electrons. The number of fused-ring (bicyclic) bond motifs is 1. The zero-order valence-corrected chi connectivity index (χ0v) is 19.2. The Labute approximate surface area is 195 Å². The summed E-state index contributed by atoms with van der Waals surface area (Å²) in [6.07, 6.45) is 3.33. The molecule has 1 amide bonds. The van der Waals surface area contributed by atoms with Gasteiger partial charge in [-0.2, -0.15) is 15.1 Å². The topological polar surface area (TPSA) is 87.3 Å². The minimum atomic E-state index is -0.459. The van der Waals surface area contributed by atoms with Crippen LogP contribution in [0.5, 0.6) is 11.5 Å². The van der Waals surface area contributed by atoms with Crippen LogP contribution >= 0.6 is 23.4 Å². The smallest absolute Gasteiger partial charge is 0.283 e. The zero-order chi connectivity index (χ0) is 22.7. The molecule has 0 spiro atoms. The van der Waals surface area contributed by atoms with Crippen LogP contribution in [-0.2, 0) is 11.4 Å². The van der Waals surface area contributed by atoms with Gasteiger partial charge in [0.25, 0.3) is 5.91 Å². The molecule has 2 aromatic rings. The Kier molecular flexibility index (Phi) is 6.62. The van der Waals surface area contributed by atoms with E-state index in [1.54, 1.807) is 31.4 Å². The molecule has 0 aliphatic carbocycles. The summed E-state index contributed by atoms with van der Waals surface area (Å²) >= 11 is 7.53. The number of amidine groups is 2. The van der Waals surface area contributed by atoms with Gasteiger partial charge in [0.1, 0.15) is 11.7 Å². The number of hydrogen-bond donors (Lipinski definition) is 1. The van der Waals surface area contributed by atoms with Crippen LogP contribution in [0.1, 0.15) is 30.9 Å². The number of rotatable bonds is 7. The first-order chi connectivity index (χ1) is 15.5. The number of thioether (sulfide) groups is 1. The molecule has 9 heteroatoms. The number of ether oxygens (including phenoxy) is 2. The fourth-order valence-electron chi connectivity index (χ4n) is 3.18. The van der Waals surface area contributed by atoms with Crippen LogP contribution in [0.2, 0.25) is 5.02 Å².